The number of nitrogens with zero attached hydrogens (tertiary/aromatic N) is 1. The monoisotopic (exact) mass is 229 g/mol. The van der Waals surface area contributed by atoms with E-state index in [9.17, 15) is 9.90 Å². The Balaban J connectivity index is 2.31. The number of anilines is 1. The van der Waals surface area contributed by atoms with Crippen LogP contribution in [0.3, 0.4) is 0 Å². The quantitative estimate of drug-likeness (QED) is 0.761. The van der Waals surface area contributed by atoms with E-state index < -0.39 is 0 Å². The zero-order valence-corrected chi connectivity index (χ0v) is 10.2. The Morgan fingerprint density at radius 1 is 1.47 bits per heavy atom. The Bertz CT molecular complexity index is 457. The van der Waals surface area contributed by atoms with Crippen molar-refractivity contribution < 1.29 is 9.90 Å². The maximum absolute atomic E-state index is 11.9. The van der Waals surface area contributed by atoms with Gasteiger partial charge in [0.05, 0.1) is 6.42 Å². The number of carbonyl (C=O) groups is 1. The highest BCUT2D eigenvalue weighted by Crippen LogP contribution is 2.30. The molecule has 1 heterocycles. The standard InChI is InChI=1S/C13H16BNO2/c1-13(2,8-16)7-15-11-6-10(14)4-3-9(11)5-12(15)17/h3-4,6,16H,5,7-8H2,1-2H3. The molecule has 0 atom stereocenters. The number of aliphatic hydroxyl groups is 1. The van der Waals surface area contributed by atoms with Crippen molar-refractivity contribution in [2.45, 2.75) is 20.3 Å². The third kappa shape index (κ3) is 2.37. The van der Waals surface area contributed by atoms with Crippen LogP contribution in [0.5, 0.6) is 0 Å². The molecule has 0 aromatic heterocycles. The van der Waals surface area contributed by atoms with Crippen molar-refractivity contribution in [2.24, 2.45) is 5.41 Å². The number of carbonyl (C=O) groups excluding carboxylic acids is 1. The topological polar surface area (TPSA) is 40.5 Å². The predicted molar refractivity (Wildman–Crippen MR) is 68.8 cm³/mol. The van der Waals surface area contributed by atoms with Gasteiger partial charge >= 0.3 is 0 Å². The van der Waals surface area contributed by atoms with E-state index in [0.717, 1.165) is 11.3 Å². The summed E-state index contributed by atoms with van der Waals surface area (Å²) in [5, 5.41) is 9.28. The summed E-state index contributed by atoms with van der Waals surface area (Å²) in [6, 6.07) is 5.54. The Kier molecular flexibility index (Phi) is 3.00. The predicted octanol–water partition coefficient (Wildman–Crippen LogP) is 0.388. The maximum atomic E-state index is 11.9. The van der Waals surface area contributed by atoms with Gasteiger partial charge in [-0.05, 0) is 11.6 Å². The fourth-order valence-corrected chi connectivity index (χ4v) is 2.03. The molecule has 0 aliphatic carbocycles. The molecule has 1 aromatic carbocycles. The van der Waals surface area contributed by atoms with Gasteiger partial charge in [0.15, 0.2) is 0 Å². The molecule has 0 spiro atoms. The van der Waals surface area contributed by atoms with Crippen LogP contribution < -0.4 is 10.4 Å². The van der Waals surface area contributed by atoms with Gasteiger partial charge in [-0.1, -0.05) is 31.4 Å². The Morgan fingerprint density at radius 3 is 2.82 bits per heavy atom. The van der Waals surface area contributed by atoms with Crippen molar-refractivity contribution in [1.29, 1.82) is 0 Å². The van der Waals surface area contributed by atoms with E-state index in [1.807, 2.05) is 32.0 Å². The van der Waals surface area contributed by atoms with Crippen molar-refractivity contribution in [3.05, 3.63) is 23.8 Å². The van der Waals surface area contributed by atoms with Gasteiger partial charge in [-0.3, -0.25) is 4.79 Å². The van der Waals surface area contributed by atoms with Gasteiger partial charge in [-0.25, -0.2) is 0 Å². The molecule has 2 radical (unpaired) electrons. The summed E-state index contributed by atoms with van der Waals surface area (Å²) in [6.45, 7) is 4.43. The van der Waals surface area contributed by atoms with Crippen LogP contribution in [0.1, 0.15) is 19.4 Å². The van der Waals surface area contributed by atoms with E-state index in [2.05, 4.69) is 0 Å². The number of fused-ring (bicyclic) bond motifs is 1. The fourth-order valence-electron chi connectivity index (χ4n) is 2.03. The molecule has 0 bridgehead atoms. The summed E-state index contributed by atoms with van der Waals surface area (Å²) >= 11 is 0. The smallest absolute Gasteiger partial charge is 0.231 e. The third-order valence-electron chi connectivity index (χ3n) is 3.06. The van der Waals surface area contributed by atoms with E-state index in [-0.39, 0.29) is 17.9 Å². The highest BCUT2D eigenvalue weighted by Gasteiger charge is 2.31. The van der Waals surface area contributed by atoms with Crippen molar-refractivity contribution in [1.82, 2.24) is 0 Å². The second kappa shape index (κ2) is 4.19. The summed E-state index contributed by atoms with van der Waals surface area (Å²) < 4.78 is 0. The molecule has 0 saturated carbocycles. The minimum atomic E-state index is -0.304. The lowest BCUT2D eigenvalue weighted by molar-refractivity contribution is -0.117. The van der Waals surface area contributed by atoms with Crippen LogP contribution in [0.2, 0.25) is 0 Å². The van der Waals surface area contributed by atoms with Gasteiger partial charge in [-0.15, -0.1) is 0 Å². The Labute approximate surface area is 103 Å². The van der Waals surface area contributed by atoms with Crippen molar-refractivity contribution in [3.8, 4) is 0 Å². The fraction of sp³-hybridized carbons (Fsp3) is 0.462. The van der Waals surface area contributed by atoms with Crippen LogP contribution in [-0.2, 0) is 11.2 Å². The molecule has 1 aromatic rings. The SMILES string of the molecule is [B]c1ccc2c(c1)N(CC(C)(C)CO)C(=O)C2. The molecule has 0 saturated heterocycles. The highest BCUT2D eigenvalue weighted by molar-refractivity contribution is 6.32. The molecule has 0 unspecified atom stereocenters. The number of benzene rings is 1. The molecule has 1 amide bonds. The second-order valence-electron chi connectivity index (χ2n) is 5.37. The molecular weight excluding hydrogens is 213 g/mol. The third-order valence-corrected chi connectivity index (χ3v) is 3.06. The van der Waals surface area contributed by atoms with E-state index >= 15 is 0 Å². The van der Waals surface area contributed by atoms with Crippen molar-refractivity contribution >= 4 is 24.9 Å². The normalized spacial score (nSPS) is 15.2. The van der Waals surface area contributed by atoms with E-state index in [1.54, 1.807) is 4.90 Å². The van der Waals surface area contributed by atoms with Gasteiger partial charge in [0.1, 0.15) is 7.85 Å². The second-order valence-corrected chi connectivity index (χ2v) is 5.37. The molecule has 3 nitrogen and oxygen atoms in total. The number of aliphatic hydroxyl groups excluding tert-OH is 1. The van der Waals surface area contributed by atoms with Gasteiger partial charge < -0.3 is 10.0 Å². The zero-order valence-electron chi connectivity index (χ0n) is 10.2. The van der Waals surface area contributed by atoms with Gasteiger partial charge in [0, 0.05) is 24.3 Å². The average molecular weight is 229 g/mol. The number of hydrogen-bond donors (Lipinski definition) is 1. The molecule has 88 valence electrons. The first-order chi connectivity index (χ1) is 7.93. The lowest BCUT2D eigenvalue weighted by Gasteiger charge is -2.29. The lowest BCUT2D eigenvalue weighted by atomic mass is 9.92. The molecule has 1 aliphatic rings. The van der Waals surface area contributed by atoms with Gasteiger partial charge in [-0.2, -0.15) is 0 Å². The van der Waals surface area contributed by atoms with E-state index in [4.69, 9.17) is 7.85 Å². The maximum Gasteiger partial charge on any atom is 0.231 e. The Hall–Kier alpha value is -1.29. The van der Waals surface area contributed by atoms with Crippen LogP contribution >= 0.6 is 0 Å². The number of amides is 1. The summed E-state index contributed by atoms with van der Waals surface area (Å²) in [6.07, 6.45) is 0.428. The minimum Gasteiger partial charge on any atom is -0.396 e. The molecule has 2 rings (SSSR count). The number of rotatable bonds is 3. The zero-order chi connectivity index (χ0) is 12.6. The van der Waals surface area contributed by atoms with Crippen molar-refractivity contribution in [2.75, 3.05) is 18.1 Å². The summed E-state index contributed by atoms with van der Waals surface area (Å²) in [5.74, 6) is 0.0760. The molecule has 4 heteroatoms. The molecule has 17 heavy (non-hydrogen) atoms. The lowest BCUT2D eigenvalue weighted by Crippen LogP contribution is -2.38. The van der Waals surface area contributed by atoms with Crippen LogP contribution in [0.15, 0.2) is 18.2 Å². The average Bonchev–Trinajstić information content (AvgIpc) is 2.56. The molecular formula is C13H16BNO2. The molecule has 1 N–H and O–H groups in total. The molecule has 0 fully saturated rings. The van der Waals surface area contributed by atoms with Crippen LogP contribution in [0, 0.1) is 5.41 Å². The summed E-state index contributed by atoms with van der Waals surface area (Å²) in [7, 11) is 5.75. The minimum absolute atomic E-state index is 0.0500. The first kappa shape index (κ1) is 12.2. The summed E-state index contributed by atoms with van der Waals surface area (Å²) in [5.41, 5.74) is 2.25. The highest BCUT2D eigenvalue weighted by atomic mass is 16.3. The van der Waals surface area contributed by atoms with E-state index in [1.165, 1.54) is 0 Å². The van der Waals surface area contributed by atoms with Crippen LogP contribution in [-0.4, -0.2) is 32.0 Å². The van der Waals surface area contributed by atoms with Gasteiger partial charge in [0.2, 0.25) is 5.91 Å². The number of hydrogen-bond acceptors (Lipinski definition) is 2. The van der Waals surface area contributed by atoms with Crippen LogP contribution in [0.25, 0.3) is 0 Å². The first-order valence-corrected chi connectivity index (χ1v) is 5.72. The Morgan fingerprint density at radius 2 is 2.18 bits per heavy atom. The van der Waals surface area contributed by atoms with Crippen molar-refractivity contribution in [3.63, 3.8) is 0 Å². The van der Waals surface area contributed by atoms with Gasteiger partial charge in [0.25, 0.3) is 0 Å². The first-order valence-electron chi connectivity index (χ1n) is 5.72. The van der Waals surface area contributed by atoms with Crippen LogP contribution in [0.4, 0.5) is 5.69 Å². The largest absolute Gasteiger partial charge is 0.396 e. The summed E-state index contributed by atoms with van der Waals surface area (Å²) in [4.78, 5) is 13.7. The van der Waals surface area contributed by atoms with E-state index in [0.29, 0.717) is 18.4 Å². The molecule has 1 aliphatic heterocycles.